The second-order valence-electron chi connectivity index (χ2n) is 12.4. The standard InChI is InChI=1S/C44H48O10/c1-3-41(45)51-31-11-7-5-9-29-49-37-21-17-34(18-22-37)33-13-15-35(16-14-33)43(47)53-39-25-27-40(28-26-39)54-44(48)36-19-23-38(24-20-36)50-30-10-6-8-12-32-52-42(46)4-2/h3-4,13-25,27H,1-2,5-12,26,28-32H2. The van der Waals surface area contributed by atoms with Crippen molar-refractivity contribution in [1.82, 2.24) is 0 Å². The van der Waals surface area contributed by atoms with Gasteiger partial charge >= 0.3 is 23.9 Å². The molecule has 10 heteroatoms. The summed E-state index contributed by atoms with van der Waals surface area (Å²) in [5, 5.41) is 0. The quantitative estimate of drug-likeness (QED) is 0.0403. The maximum atomic E-state index is 12.8. The fraction of sp³-hybridized carbons (Fsp3) is 0.318. The normalized spacial score (nSPS) is 12.0. The highest BCUT2D eigenvalue weighted by Gasteiger charge is 2.17. The van der Waals surface area contributed by atoms with Crippen molar-refractivity contribution in [1.29, 1.82) is 0 Å². The SMILES string of the molecule is C=CC(=O)OCCCCCCOc1ccc(C(=O)OC2=CC=C(OC(=O)c3ccc(-c4ccc(OCCCCCCOC(=O)C=C)cc4)cc3)CC2)cc1. The summed E-state index contributed by atoms with van der Waals surface area (Å²) in [7, 11) is 0. The molecule has 1 aliphatic rings. The van der Waals surface area contributed by atoms with Gasteiger partial charge in [0, 0.05) is 25.0 Å². The van der Waals surface area contributed by atoms with Crippen molar-refractivity contribution in [3.05, 3.63) is 133 Å². The molecule has 0 aliphatic heterocycles. The number of ether oxygens (including phenoxy) is 6. The van der Waals surface area contributed by atoms with Gasteiger partial charge in [0.05, 0.1) is 37.6 Å². The van der Waals surface area contributed by atoms with E-state index < -0.39 is 17.9 Å². The third kappa shape index (κ3) is 14.6. The van der Waals surface area contributed by atoms with Gasteiger partial charge in [0.1, 0.15) is 23.0 Å². The number of rotatable bonds is 23. The van der Waals surface area contributed by atoms with Gasteiger partial charge < -0.3 is 28.4 Å². The molecule has 0 radical (unpaired) electrons. The average Bonchev–Trinajstić information content (AvgIpc) is 3.20. The Labute approximate surface area is 317 Å². The van der Waals surface area contributed by atoms with Gasteiger partial charge in [0.2, 0.25) is 0 Å². The predicted octanol–water partition coefficient (Wildman–Crippen LogP) is 9.27. The first kappa shape index (κ1) is 40.9. The molecule has 4 rings (SSSR count). The highest BCUT2D eigenvalue weighted by Crippen LogP contribution is 2.26. The van der Waals surface area contributed by atoms with Crippen molar-refractivity contribution in [2.45, 2.75) is 64.2 Å². The van der Waals surface area contributed by atoms with Crippen LogP contribution in [0, 0.1) is 0 Å². The molecule has 0 bridgehead atoms. The van der Waals surface area contributed by atoms with Crippen molar-refractivity contribution < 1.29 is 47.6 Å². The minimum Gasteiger partial charge on any atom is -0.494 e. The van der Waals surface area contributed by atoms with Crippen LogP contribution in [-0.2, 0) is 28.5 Å². The van der Waals surface area contributed by atoms with Gasteiger partial charge in [0.15, 0.2) is 0 Å². The summed E-state index contributed by atoms with van der Waals surface area (Å²) in [6.45, 7) is 8.69. The maximum Gasteiger partial charge on any atom is 0.343 e. The predicted molar refractivity (Wildman–Crippen MR) is 205 cm³/mol. The molecule has 10 nitrogen and oxygen atoms in total. The van der Waals surface area contributed by atoms with E-state index in [1.165, 1.54) is 6.08 Å². The zero-order valence-electron chi connectivity index (χ0n) is 30.6. The van der Waals surface area contributed by atoms with E-state index in [0.717, 1.165) is 74.3 Å². The van der Waals surface area contributed by atoms with Crippen LogP contribution in [0.3, 0.4) is 0 Å². The van der Waals surface area contributed by atoms with E-state index in [1.54, 1.807) is 48.6 Å². The zero-order valence-corrected chi connectivity index (χ0v) is 30.6. The molecule has 54 heavy (non-hydrogen) atoms. The van der Waals surface area contributed by atoms with Crippen LogP contribution < -0.4 is 9.47 Å². The van der Waals surface area contributed by atoms with Crippen molar-refractivity contribution in [3.8, 4) is 22.6 Å². The van der Waals surface area contributed by atoms with Crippen LogP contribution in [0.5, 0.6) is 11.5 Å². The number of unbranched alkanes of at least 4 members (excludes halogenated alkanes) is 6. The summed E-state index contributed by atoms with van der Waals surface area (Å²) in [5.41, 5.74) is 2.78. The maximum absolute atomic E-state index is 12.8. The lowest BCUT2D eigenvalue weighted by Crippen LogP contribution is -2.10. The third-order valence-electron chi connectivity index (χ3n) is 8.36. The first-order valence-corrected chi connectivity index (χ1v) is 18.3. The third-order valence-corrected chi connectivity index (χ3v) is 8.36. The van der Waals surface area contributed by atoms with E-state index in [4.69, 9.17) is 28.4 Å². The van der Waals surface area contributed by atoms with E-state index in [0.29, 0.717) is 67.7 Å². The molecule has 0 fully saturated rings. The van der Waals surface area contributed by atoms with Crippen molar-refractivity contribution >= 4 is 23.9 Å². The molecule has 3 aromatic carbocycles. The Morgan fingerprint density at radius 2 is 0.833 bits per heavy atom. The highest BCUT2D eigenvalue weighted by molar-refractivity contribution is 5.91. The second kappa shape index (κ2) is 22.9. The zero-order chi connectivity index (χ0) is 38.4. The molecule has 0 aromatic heterocycles. The van der Waals surface area contributed by atoms with Gasteiger partial charge in [-0.25, -0.2) is 19.2 Å². The molecule has 0 saturated heterocycles. The molecular weight excluding hydrogens is 688 g/mol. The van der Waals surface area contributed by atoms with E-state index >= 15 is 0 Å². The molecule has 0 unspecified atom stereocenters. The van der Waals surface area contributed by atoms with Crippen LogP contribution >= 0.6 is 0 Å². The fourth-order valence-corrected chi connectivity index (χ4v) is 5.31. The Hall–Kier alpha value is -5.90. The molecule has 1 aliphatic carbocycles. The van der Waals surface area contributed by atoms with Crippen molar-refractivity contribution in [2.75, 3.05) is 26.4 Å². The topological polar surface area (TPSA) is 124 Å². The van der Waals surface area contributed by atoms with Crippen LogP contribution in [-0.4, -0.2) is 50.3 Å². The highest BCUT2D eigenvalue weighted by atomic mass is 16.5. The van der Waals surface area contributed by atoms with Crippen LogP contribution in [0.25, 0.3) is 11.1 Å². The fourth-order valence-electron chi connectivity index (χ4n) is 5.31. The lowest BCUT2D eigenvalue weighted by Gasteiger charge is -2.15. The molecule has 0 atom stereocenters. The number of esters is 4. The van der Waals surface area contributed by atoms with E-state index in [9.17, 15) is 19.2 Å². The summed E-state index contributed by atoms with van der Waals surface area (Å²) in [6.07, 6.45) is 13.7. The number of allylic oxidation sites excluding steroid dienone is 4. The molecule has 3 aromatic rings. The monoisotopic (exact) mass is 736 g/mol. The minimum absolute atomic E-state index is 0.389. The van der Waals surface area contributed by atoms with Gasteiger partial charge in [-0.3, -0.25) is 0 Å². The van der Waals surface area contributed by atoms with Gasteiger partial charge in [-0.15, -0.1) is 0 Å². The lowest BCUT2D eigenvalue weighted by atomic mass is 10.0. The molecule has 0 saturated carbocycles. The minimum atomic E-state index is -0.477. The Bertz CT molecular complexity index is 1750. The number of hydrogen-bond donors (Lipinski definition) is 0. The first-order valence-electron chi connectivity index (χ1n) is 18.3. The second-order valence-corrected chi connectivity index (χ2v) is 12.4. The van der Waals surface area contributed by atoms with Crippen LogP contribution in [0.2, 0.25) is 0 Å². The molecule has 284 valence electrons. The summed E-state index contributed by atoms with van der Waals surface area (Å²) < 4.78 is 32.7. The van der Waals surface area contributed by atoms with Crippen LogP contribution in [0.15, 0.2) is 122 Å². The summed E-state index contributed by atoms with van der Waals surface area (Å²) in [5.74, 6) is 0.697. The number of benzene rings is 3. The van der Waals surface area contributed by atoms with Crippen LogP contribution in [0.4, 0.5) is 0 Å². The van der Waals surface area contributed by atoms with E-state index in [2.05, 4.69) is 13.2 Å². The van der Waals surface area contributed by atoms with Gasteiger partial charge in [0.25, 0.3) is 0 Å². The number of carbonyl (C=O) groups excluding carboxylic acids is 4. The molecule has 0 heterocycles. The molecule has 0 amide bonds. The molecular formula is C44H48O10. The number of hydrogen-bond acceptors (Lipinski definition) is 10. The Morgan fingerprint density at radius 3 is 1.22 bits per heavy atom. The molecule has 0 N–H and O–H groups in total. The van der Waals surface area contributed by atoms with E-state index in [1.807, 2.05) is 36.4 Å². The Balaban J connectivity index is 1.13. The molecule has 0 spiro atoms. The van der Waals surface area contributed by atoms with E-state index in [-0.39, 0.29) is 5.97 Å². The van der Waals surface area contributed by atoms with Gasteiger partial charge in [-0.2, -0.15) is 0 Å². The smallest absolute Gasteiger partial charge is 0.343 e. The van der Waals surface area contributed by atoms with Crippen molar-refractivity contribution in [2.24, 2.45) is 0 Å². The summed E-state index contributed by atoms with van der Waals surface area (Å²) >= 11 is 0. The number of carbonyl (C=O) groups is 4. The largest absolute Gasteiger partial charge is 0.494 e. The van der Waals surface area contributed by atoms with Gasteiger partial charge in [-0.1, -0.05) is 37.4 Å². The average molecular weight is 737 g/mol. The summed E-state index contributed by atoms with van der Waals surface area (Å²) in [6, 6.07) is 21.8. The van der Waals surface area contributed by atoms with Gasteiger partial charge in [-0.05, 0) is 123 Å². The Morgan fingerprint density at radius 1 is 0.481 bits per heavy atom. The van der Waals surface area contributed by atoms with Crippen molar-refractivity contribution in [3.63, 3.8) is 0 Å². The van der Waals surface area contributed by atoms with Crippen LogP contribution in [0.1, 0.15) is 84.9 Å². The Kier molecular flexibility index (Phi) is 17.3. The lowest BCUT2D eigenvalue weighted by molar-refractivity contribution is -0.138. The summed E-state index contributed by atoms with van der Waals surface area (Å²) in [4.78, 5) is 47.6. The first-order chi connectivity index (χ1) is 26.3.